The van der Waals surface area contributed by atoms with Crippen LogP contribution in [0.4, 0.5) is 0 Å². The third-order valence-corrected chi connectivity index (χ3v) is 4.92. The van der Waals surface area contributed by atoms with Crippen molar-refractivity contribution in [2.45, 2.75) is 44.9 Å². The van der Waals surface area contributed by atoms with Crippen LogP contribution in [0.1, 0.15) is 50.7 Å². The maximum absolute atomic E-state index is 6.24. The van der Waals surface area contributed by atoms with Crippen molar-refractivity contribution in [2.24, 2.45) is 5.92 Å². The van der Waals surface area contributed by atoms with E-state index in [0.29, 0.717) is 11.8 Å². The molecule has 2 aromatic rings. The van der Waals surface area contributed by atoms with Gasteiger partial charge in [0.1, 0.15) is 5.76 Å². The second-order valence-electron chi connectivity index (χ2n) is 6.16. The van der Waals surface area contributed by atoms with Gasteiger partial charge in [0, 0.05) is 11.3 Å². The first-order valence-electron chi connectivity index (χ1n) is 8.18. The Hall–Kier alpha value is -0.990. The van der Waals surface area contributed by atoms with Gasteiger partial charge >= 0.3 is 0 Å². The number of halogens is 1. The first-order chi connectivity index (χ1) is 10.3. The van der Waals surface area contributed by atoms with E-state index in [1.165, 1.54) is 32.1 Å². The quantitative estimate of drug-likeness (QED) is 0.752. The molecule has 1 heterocycles. The Labute approximate surface area is 131 Å². The van der Waals surface area contributed by atoms with Gasteiger partial charge in [-0.1, -0.05) is 43.5 Å². The highest BCUT2D eigenvalue weighted by molar-refractivity contribution is 6.34. The molecular formula is C18H24ClNO. The molecule has 0 spiro atoms. The van der Waals surface area contributed by atoms with Gasteiger partial charge in [0.05, 0.1) is 5.02 Å². The van der Waals surface area contributed by atoms with Crippen molar-refractivity contribution in [3.8, 4) is 0 Å². The molecule has 3 rings (SSSR count). The van der Waals surface area contributed by atoms with Crippen LogP contribution in [0.25, 0.3) is 11.0 Å². The lowest BCUT2D eigenvalue weighted by molar-refractivity contribution is 0.268. The smallest absolute Gasteiger partial charge is 0.152 e. The summed E-state index contributed by atoms with van der Waals surface area (Å²) in [7, 11) is 0. The van der Waals surface area contributed by atoms with Crippen molar-refractivity contribution >= 4 is 22.6 Å². The SMILES string of the molecule is CCCNCC1CCCCC1c1cc2cccc(Cl)c2o1. The van der Waals surface area contributed by atoms with E-state index in [0.717, 1.165) is 34.8 Å². The lowest BCUT2D eigenvalue weighted by Gasteiger charge is -2.30. The second kappa shape index (κ2) is 6.85. The molecule has 1 aromatic heterocycles. The zero-order valence-corrected chi connectivity index (χ0v) is 13.5. The predicted octanol–water partition coefficient (Wildman–Crippen LogP) is 5.36. The summed E-state index contributed by atoms with van der Waals surface area (Å²) in [6.07, 6.45) is 6.37. The first kappa shape index (κ1) is 14.9. The molecule has 2 atom stereocenters. The lowest BCUT2D eigenvalue weighted by Crippen LogP contribution is -2.29. The van der Waals surface area contributed by atoms with E-state index in [-0.39, 0.29) is 0 Å². The summed E-state index contributed by atoms with van der Waals surface area (Å²) < 4.78 is 6.12. The van der Waals surface area contributed by atoms with E-state index in [1.807, 2.05) is 12.1 Å². The Kier molecular flexibility index (Phi) is 4.87. The van der Waals surface area contributed by atoms with Gasteiger partial charge in [0.25, 0.3) is 0 Å². The van der Waals surface area contributed by atoms with Crippen LogP contribution in [-0.4, -0.2) is 13.1 Å². The molecule has 0 radical (unpaired) electrons. The number of hydrogen-bond donors (Lipinski definition) is 1. The molecule has 0 bridgehead atoms. The highest BCUT2D eigenvalue weighted by Crippen LogP contribution is 2.40. The summed E-state index contributed by atoms with van der Waals surface area (Å²) in [5, 5.41) is 5.43. The van der Waals surface area contributed by atoms with Crippen molar-refractivity contribution in [1.29, 1.82) is 0 Å². The molecule has 2 unspecified atom stereocenters. The molecule has 1 aliphatic carbocycles. The van der Waals surface area contributed by atoms with E-state index in [2.05, 4.69) is 24.4 Å². The van der Waals surface area contributed by atoms with Crippen LogP contribution in [-0.2, 0) is 0 Å². The number of benzene rings is 1. The van der Waals surface area contributed by atoms with E-state index >= 15 is 0 Å². The lowest BCUT2D eigenvalue weighted by atomic mass is 9.78. The molecule has 1 aromatic carbocycles. The molecular weight excluding hydrogens is 282 g/mol. The molecule has 1 saturated carbocycles. The monoisotopic (exact) mass is 305 g/mol. The van der Waals surface area contributed by atoms with Crippen LogP contribution in [0.5, 0.6) is 0 Å². The van der Waals surface area contributed by atoms with Crippen LogP contribution in [0.3, 0.4) is 0 Å². The molecule has 3 heteroatoms. The topological polar surface area (TPSA) is 25.2 Å². The Morgan fingerprint density at radius 2 is 2.14 bits per heavy atom. The molecule has 2 nitrogen and oxygen atoms in total. The Bertz CT molecular complexity index is 592. The third-order valence-electron chi connectivity index (χ3n) is 4.62. The van der Waals surface area contributed by atoms with Crippen LogP contribution < -0.4 is 5.32 Å². The number of rotatable bonds is 5. The predicted molar refractivity (Wildman–Crippen MR) is 89.1 cm³/mol. The fraction of sp³-hybridized carbons (Fsp3) is 0.556. The van der Waals surface area contributed by atoms with E-state index < -0.39 is 0 Å². The molecule has 0 aliphatic heterocycles. The number of furan rings is 1. The highest BCUT2D eigenvalue weighted by atomic mass is 35.5. The van der Waals surface area contributed by atoms with Gasteiger partial charge in [-0.05, 0) is 50.4 Å². The first-order valence-corrected chi connectivity index (χ1v) is 8.56. The molecule has 114 valence electrons. The van der Waals surface area contributed by atoms with Gasteiger partial charge in [-0.3, -0.25) is 0 Å². The van der Waals surface area contributed by atoms with Gasteiger partial charge in [-0.15, -0.1) is 0 Å². The molecule has 21 heavy (non-hydrogen) atoms. The summed E-state index contributed by atoms with van der Waals surface area (Å²) in [6.45, 7) is 4.42. The van der Waals surface area contributed by atoms with E-state index in [4.69, 9.17) is 16.0 Å². The highest BCUT2D eigenvalue weighted by Gasteiger charge is 2.29. The van der Waals surface area contributed by atoms with Gasteiger partial charge in [0.2, 0.25) is 0 Å². The fourth-order valence-electron chi connectivity index (χ4n) is 3.52. The number of nitrogens with one attached hydrogen (secondary N) is 1. The van der Waals surface area contributed by atoms with E-state index in [1.54, 1.807) is 0 Å². The van der Waals surface area contributed by atoms with Crippen LogP contribution in [0.2, 0.25) is 5.02 Å². The normalized spacial score (nSPS) is 22.8. The van der Waals surface area contributed by atoms with Gasteiger partial charge in [-0.2, -0.15) is 0 Å². The van der Waals surface area contributed by atoms with Crippen molar-refractivity contribution < 1.29 is 4.42 Å². The van der Waals surface area contributed by atoms with Crippen molar-refractivity contribution in [3.05, 3.63) is 35.0 Å². The Morgan fingerprint density at radius 3 is 2.95 bits per heavy atom. The summed E-state index contributed by atoms with van der Waals surface area (Å²) in [6, 6.07) is 8.18. The average molecular weight is 306 g/mol. The molecule has 1 aliphatic rings. The van der Waals surface area contributed by atoms with Crippen LogP contribution in [0, 0.1) is 5.92 Å². The zero-order chi connectivity index (χ0) is 14.7. The minimum Gasteiger partial charge on any atom is -0.459 e. The third kappa shape index (κ3) is 3.27. The average Bonchev–Trinajstić information content (AvgIpc) is 2.93. The van der Waals surface area contributed by atoms with Crippen molar-refractivity contribution in [2.75, 3.05) is 13.1 Å². The zero-order valence-electron chi connectivity index (χ0n) is 12.7. The minimum absolute atomic E-state index is 0.534. The summed E-state index contributed by atoms with van der Waals surface area (Å²) in [4.78, 5) is 0. The molecule has 1 N–H and O–H groups in total. The van der Waals surface area contributed by atoms with Gasteiger partial charge in [0.15, 0.2) is 5.58 Å². The number of para-hydroxylation sites is 1. The Balaban J connectivity index is 1.82. The molecule has 0 saturated heterocycles. The second-order valence-corrected chi connectivity index (χ2v) is 6.57. The largest absolute Gasteiger partial charge is 0.459 e. The Morgan fingerprint density at radius 1 is 1.29 bits per heavy atom. The van der Waals surface area contributed by atoms with Gasteiger partial charge in [-0.25, -0.2) is 0 Å². The fourth-order valence-corrected chi connectivity index (χ4v) is 3.74. The maximum Gasteiger partial charge on any atom is 0.152 e. The molecule has 1 fully saturated rings. The summed E-state index contributed by atoms with van der Waals surface area (Å²) in [5.74, 6) is 2.34. The van der Waals surface area contributed by atoms with E-state index in [9.17, 15) is 0 Å². The maximum atomic E-state index is 6.24. The summed E-state index contributed by atoms with van der Waals surface area (Å²) in [5.41, 5.74) is 0.847. The van der Waals surface area contributed by atoms with Gasteiger partial charge < -0.3 is 9.73 Å². The van der Waals surface area contributed by atoms with Crippen LogP contribution >= 0.6 is 11.6 Å². The number of fused-ring (bicyclic) bond motifs is 1. The number of hydrogen-bond acceptors (Lipinski definition) is 2. The van der Waals surface area contributed by atoms with Crippen molar-refractivity contribution in [1.82, 2.24) is 5.32 Å². The van der Waals surface area contributed by atoms with Crippen molar-refractivity contribution in [3.63, 3.8) is 0 Å². The molecule has 0 amide bonds. The standard InChI is InChI=1S/C18H24ClNO/c1-2-10-20-12-14-6-3-4-8-15(14)17-11-13-7-5-9-16(19)18(13)21-17/h5,7,9,11,14-15,20H,2-4,6,8,10,12H2,1H3. The van der Waals surface area contributed by atoms with Crippen LogP contribution in [0.15, 0.2) is 28.7 Å². The summed E-state index contributed by atoms with van der Waals surface area (Å²) >= 11 is 6.24. The minimum atomic E-state index is 0.534.